The number of anilines is 1. The topological polar surface area (TPSA) is 127 Å². The van der Waals surface area contributed by atoms with Crippen molar-refractivity contribution in [3.63, 3.8) is 0 Å². The summed E-state index contributed by atoms with van der Waals surface area (Å²) < 4.78 is 29.5. The van der Waals surface area contributed by atoms with Crippen molar-refractivity contribution in [2.45, 2.75) is 63.5 Å². The van der Waals surface area contributed by atoms with E-state index in [4.69, 9.17) is 4.52 Å². The number of hydrogen-bond acceptors (Lipinski definition) is 7. The predicted octanol–water partition coefficient (Wildman–Crippen LogP) is 3.50. The van der Waals surface area contributed by atoms with Crippen LogP contribution < -0.4 is 5.32 Å². The Labute approximate surface area is 194 Å². The highest BCUT2D eigenvalue weighted by molar-refractivity contribution is 7.93. The van der Waals surface area contributed by atoms with E-state index in [1.54, 1.807) is 6.07 Å². The van der Waals surface area contributed by atoms with Crippen molar-refractivity contribution in [2.75, 3.05) is 17.7 Å². The summed E-state index contributed by atoms with van der Waals surface area (Å²) in [6, 6.07) is 9.03. The molecule has 0 atom stereocenters. The molecule has 0 unspecified atom stereocenters. The van der Waals surface area contributed by atoms with Gasteiger partial charge in [0.2, 0.25) is 11.8 Å². The molecule has 0 aliphatic heterocycles. The lowest BCUT2D eigenvalue weighted by Crippen LogP contribution is -2.46. The second-order valence-corrected chi connectivity index (χ2v) is 12.5. The van der Waals surface area contributed by atoms with Crippen LogP contribution in [0, 0.1) is 5.92 Å². The van der Waals surface area contributed by atoms with Crippen LogP contribution in [0.15, 0.2) is 34.9 Å². The van der Waals surface area contributed by atoms with Gasteiger partial charge < -0.3 is 9.63 Å². The molecule has 2 aromatic rings. The lowest BCUT2D eigenvalue weighted by Gasteiger charge is -2.27. The van der Waals surface area contributed by atoms with Gasteiger partial charge in [0.15, 0.2) is 9.84 Å². The van der Waals surface area contributed by atoms with E-state index in [0.717, 1.165) is 11.1 Å². The number of amides is 1. The van der Waals surface area contributed by atoms with Crippen molar-refractivity contribution in [3.05, 3.63) is 35.9 Å². The number of carbonyl (C=O) groups is 2. The van der Waals surface area contributed by atoms with E-state index >= 15 is 0 Å². The Morgan fingerprint density at radius 2 is 1.76 bits per heavy atom. The molecule has 0 saturated heterocycles. The Bertz CT molecular complexity index is 1110. The molecule has 1 fully saturated rings. The zero-order valence-corrected chi connectivity index (χ0v) is 20.4. The molecule has 2 N–H and O–H groups in total. The quantitative estimate of drug-likeness (QED) is 0.597. The van der Waals surface area contributed by atoms with Gasteiger partial charge in [-0.25, -0.2) is 8.42 Å². The average molecular weight is 477 g/mol. The van der Waals surface area contributed by atoms with Crippen LogP contribution in [0.3, 0.4) is 0 Å². The molecular formula is C24H32N2O6S. The molecule has 0 bridgehead atoms. The maximum atomic E-state index is 13.0. The van der Waals surface area contributed by atoms with Gasteiger partial charge in [0.05, 0.1) is 12.4 Å². The molecule has 3 rings (SSSR count). The number of benzene rings is 1. The van der Waals surface area contributed by atoms with Crippen molar-refractivity contribution in [3.8, 4) is 11.3 Å². The van der Waals surface area contributed by atoms with Crippen molar-refractivity contribution in [2.24, 2.45) is 5.92 Å². The number of sulfone groups is 1. The predicted molar refractivity (Wildman–Crippen MR) is 126 cm³/mol. The van der Waals surface area contributed by atoms with E-state index in [-0.39, 0.29) is 35.4 Å². The third-order valence-electron chi connectivity index (χ3n) is 6.55. The number of aliphatic hydroxyl groups is 1. The van der Waals surface area contributed by atoms with Gasteiger partial charge in [0.25, 0.3) is 0 Å². The largest absolute Gasteiger partial charge is 0.395 e. The summed E-state index contributed by atoms with van der Waals surface area (Å²) in [7, 11) is -3.77. The molecule has 1 aliphatic rings. The van der Waals surface area contributed by atoms with Crippen molar-refractivity contribution in [1.82, 2.24) is 5.16 Å². The Balaban J connectivity index is 1.68. The van der Waals surface area contributed by atoms with Crippen LogP contribution in [0.5, 0.6) is 0 Å². The number of Topliss-reactive ketones (excluding diaryl/α,β-unsaturated/α-hetero) is 1. The smallest absolute Gasteiger partial charge is 0.247 e. The molecule has 0 radical (unpaired) electrons. The molecule has 33 heavy (non-hydrogen) atoms. The summed E-state index contributed by atoms with van der Waals surface area (Å²) >= 11 is 0. The van der Waals surface area contributed by atoms with E-state index in [9.17, 15) is 23.1 Å². The van der Waals surface area contributed by atoms with E-state index in [1.807, 2.05) is 38.1 Å². The number of aromatic nitrogens is 1. The average Bonchev–Trinajstić information content (AvgIpc) is 3.23. The van der Waals surface area contributed by atoms with Crippen molar-refractivity contribution >= 4 is 27.4 Å². The minimum absolute atomic E-state index is 0.0179. The first-order valence-electron chi connectivity index (χ1n) is 11.1. The molecule has 0 spiro atoms. The molecular weight excluding hydrogens is 444 g/mol. The molecule has 1 aromatic heterocycles. The Hall–Kier alpha value is -2.52. The van der Waals surface area contributed by atoms with Crippen molar-refractivity contribution in [1.29, 1.82) is 0 Å². The van der Waals surface area contributed by atoms with Crippen LogP contribution in [0.4, 0.5) is 5.88 Å². The Morgan fingerprint density at radius 3 is 2.33 bits per heavy atom. The number of rotatable bonds is 8. The molecule has 1 aromatic carbocycles. The number of carbonyl (C=O) groups excluding carboxylic acids is 2. The third kappa shape index (κ3) is 5.52. The van der Waals surface area contributed by atoms with E-state index < -0.39 is 20.5 Å². The first-order chi connectivity index (χ1) is 15.4. The lowest BCUT2D eigenvalue weighted by molar-refractivity contribution is -0.121. The number of hydrogen-bond donors (Lipinski definition) is 2. The maximum absolute atomic E-state index is 13.0. The van der Waals surface area contributed by atoms with Crippen LogP contribution in [0.2, 0.25) is 0 Å². The summed E-state index contributed by atoms with van der Waals surface area (Å²) in [4.78, 5) is 24.3. The molecule has 180 valence electrons. The fraction of sp³-hybridized carbons (Fsp3) is 0.542. The van der Waals surface area contributed by atoms with Gasteiger partial charge in [0, 0.05) is 29.9 Å². The zero-order valence-electron chi connectivity index (χ0n) is 19.6. The van der Waals surface area contributed by atoms with Crippen LogP contribution in [-0.2, 0) is 24.8 Å². The fourth-order valence-corrected chi connectivity index (χ4v) is 5.45. The SMILES string of the molecule is CC(C)(CO)c1ccc(-c2cc(NC(=O)C(C)(C)S(=O)(=O)CC3CCC(=O)CC3)on2)cc1. The fourth-order valence-electron chi connectivity index (χ4n) is 3.74. The summed E-state index contributed by atoms with van der Waals surface area (Å²) in [6.45, 7) is 6.66. The van der Waals surface area contributed by atoms with Gasteiger partial charge in [-0.1, -0.05) is 43.3 Å². The van der Waals surface area contributed by atoms with Crippen LogP contribution in [0.25, 0.3) is 11.3 Å². The molecule has 1 saturated carbocycles. The van der Waals surface area contributed by atoms with Crippen LogP contribution >= 0.6 is 0 Å². The Morgan fingerprint density at radius 1 is 1.15 bits per heavy atom. The molecule has 9 heteroatoms. The van der Waals surface area contributed by atoms with Crippen LogP contribution in [0.1, 0.15) is 58.9 Å². The minimum atomic E-state index is -3.77. The van der Waals surface area contributed by atoms with E-state index in [2.05, 4.69) is 10.5 Å². The minimum Gasteiger partial charge on any atom is -0.395 e. The molecule has 1 amide bonds. The van der Waals surface area contributed by atoms with E-state index in [1.165, 1.54) is 13.8 Å². The molecule has 8 nitrogen and oxygen atoms in total. The highest BCUT2D eigenvalue weighted by Crippen LogP contribution is 2.30. The third-order valence-corrected chi connectivity index (χ3v) is 9.20. The van der Waals surface area contributed by atoms with Gasteiger partial charge in [-0.3, -0.25) is 14.9 Å². The number of nitrogens with zero attached hydrogens (tertiary/aromatic N) is 1. The summed E-state index contributed by atoms with van der Waals surface area (Å²) in [6.07, 6.45) is 1.86. The molecule has 1 aliphatic carbocycles. The number of ketones is 1. The van der Waals surface area contributed by atoms with Gasteiger partial charge in [-0.2, -0.15) is 0 Å². The van der Waals surface area contributed by atoms with E-state index in [0.29, 0.717) is 31.4 Å². The normalized spacial score (nSPS) is 16.1. The standard InChI is InChI=1S/C24H32N2O6S/c1-23(2,15-27)18-9-7-17(8-10-18)20-13-21(32-26-20)25-22(29)24(3,4)33(30,31)14-16-5-11-19(28)12-6-16/h7-10,13,16,27H,5-6,11-12,14-15H2,1-4H3,(H,25,29). The van der Waals surface area contributed by atoms with Gasteiger partial charge in [-0.05, 0) is 38.2 Å². The summed E-state index contributed by atoms with van der Waals surface area (Å²) in [5.74, 6) is -0.721. The zero-order chi connectivity index (χ0) is 24.4. The highest BCUT2D eigenvalue weighted by Gasteiger charge is 2.43. The second-order valence-electron chi connectivity index (χ2n) is 9.92. The maximum Gasteiger partial charge on any atom is 0.247 e. The highest BCUT2D eigenvalue weighted by atomic mass is 32.2. The number of aliphatic hydroxyl groups excluding tert-OH is 1. The second kappa shape index (κ2) is 9.38. The summed E-state index contributed by atoms with van der Waals surface area (Å²) in [5.41, 5.74) is 1.85. The Kier molecular flexibility index (Phi) is 7.14. The van der Waals surface area contributed by atoms with Gasteiger partial charge in [0.1, 0.15) is 16.2 Å². The van der Waals surface area contributed by atoms with Crippen molar-refractivity contribution < 1.29 is 27.6 Å². The lowest BCUT2D eigenvalue weighted by atomic mass is 9.85. The molecule has 1 heterocycles. The summed E-state index contributed by atoms with van der Waals surface area (Å²) in [5, 5.41) is 16.0. The monoisotopic (exact) mass is 476 g/mol. The first-order valence-corrected chi connectivity index (χ1v) is 12.7. The van der Waals surface area contributed by atoms with Crippen LogP contribution in [-0.4, -0.2) is 47.5 Å². The first kappa shape index (κ1) is 25.1. The van der Waals surface area contributed by atoms with Gasteiger partial charge in [-0.15, -0.1) is 0 Å². The van der Waals surface area contributed by atoms with Gasteiger partial charge >= 0.3 is 0 Å². The number of nitrogens with one attached hydrogen (secondary N) is 1.